The average Bonchev–Trinajstić information content (AvgIpc) is 1.21. The number of aliphatic hydroxyl groups is 2. The lowest BCUT2D eigenvalue weighted by molar-refractivity contribution is -0.0312. The van der Waals surface area contributed by atoms with E-state index < -0.39 is 0 Å². The minimum Gasteiger partial charge on any atom is -0.394 e. The summed E-state index contributed by atoms with van der Waals surface area (Å²) in [6.45, 7) is 37.4. The molecule has 0 fully saturated rings. The highest BCUT2D eigenvalue weighted by molar-refractivity contribution is 8.02. The third-order valence-corrected chi connectivity index (χ3v) is 17.1. The van der Waals surface area contributed by atoms with Gasteiger partial charge in [-0.1, -0.05) is 0 Å². The van der Waals surface area contributed by atoms with Crippen LogP contribution in [0.1, 0.15) is 0 Å². The smallest absolute Gasteiger partial charge is 0.0701 e. The maximum absolute atomic E-state index is 8.63. The number of rotatable bonds is 121. The van der Waals surface area contributed by atoms with E-state index in [2.05, 4.69) is 0 Å². The van der Waals surface area contributed by atoms with Crippen LogP contribution in [0.2, 0.25) is 0 Å². The monoisotopic (exact) mass is 1860 g/mol. The number of thioether (sulfide) groups is 2. The molecule has 0 atom stereocenters. The van der Waals surface area contributed by atoms with Crippen LogP contribution in [0.25, 0.3) is 0 Å². The van der Waals surface area contributed by atoms with E-state index in [0.29, 0.717) is 502 Å². The second-order valence-corrected chi connectivity index (χ2v) is 27.4. The molecule has 0 heterocycles. The van der Waals surface area contributed by atoms with Gasteiger partial charge in [-0.2, -0.15) is 23.5 Å². The van der Waals surface area contributed by atoms with E-state index in [1.807, 2.05) is 23.5 Å². The van der Waals surface area contributed by atoms with Crippen molar-refractivity contribution in [3.8, 4) is 0 Å². The number of ether oxygens (including phenoxy) is 38. The molecule has 0 amide bonds. The molecular weight excluding hydrogens is 1690 g/mol. The highest BCUT2D eigenvalue weighted by Crippen LogP contribution is 2.07. The van der Waals surface area contributed by atoms with Crippen LogP contribution < -0.4 is 0 Å². The normalized spacial score (nSPS) is 11.9. The summed E-state index contributed by atoms with van der Waals surface area (Å²) in [5.41, 5.74) is 0. The SMILES string of the molecule is OCCOCCOCCOCCOCCOCCOCCOCCOCCOCCOCCOCCOCCOCCOCCOCCOCCOCCOCCOCCSCCSCCOCCOCCOCCOCCOCCOCCOCCOCCOCCOCCOCCOCCOCCOCCOCCOCCOCCOCCOCCO. The van der Waals surface area contributed by atoms with E-state index in [1.54, 1.807) is 0 Å². The zero-order valence-electron chi connectivity index (χ0n) is 75.2. The summed E-state index contributed by atoms with van der Waals surface area (Å²) in [5.74, 6) is 4.06. The maximum atomic E-state index is 8.63. The Hall–Kier alpha value is -0.900. The molecule has 0 rings (SSSR count). The van der Waals surface area contributed by atoms with Crippen LogP contribution in [-0.4, -0.2) is 549 Å². The van der Waals surface area contributed by atoms with E-state index in [4.69, 9.17) is 190 Å². The van der Waals surface area contributed by atoms with Crippen LogP contribution in [0.5, 0.6) is 0 Å². The minimum absolute atomic E-state index is 0.0155. The number of hydrogen-bond acceptors (Lipinski definition) is 42. The second-order valence-electron chi connectivity index (χ2n) is 24.9. The van der Waals surface area contributed by atoms with Gasteiger partial charge in [-0.15, -0.1) is 0 Å². The summed E-state index contributed by atoms with van der Waals surface area (Å²) in [7, 11) is 0. The molecule has 0 aliphatic heterocycles. The summed E-state index contributed by atoms with van der Waals surface area (Å²) in [4.78, 5) is 0. The van der Waals surface area contributed by atoms with Crippen molar-refractivity contribution in [2.24, 2.45) is 0 Å². The predicted molar refractivity (Wildman–Crippen MR) is 460 cm³/mol. The molecule has 0 aliphatic carbocycles. The lowest BCUT2D eigenvalue weighted by atomic mass is 10.6. The van der Waals surface area contributed by atoms with Gasteiger partial charge in [0.05, 0.1) is 515 Å². The molecule has 0 aromatic heterocycles. The third kappa shape index (κ3) is 121. The molecule has 2 N–H and O–H groups in total. The molecule has 124 heavy (non-hydrogen) atoms. The summed E-state index contributed by atoms with van der Waals surface area (Å²) in [6, 6.07) is 0. The van der Waals surface area contributed by atoms with Crippen LogP contribution in [0.4, 0.5) is 0 Å². The van der Waals surface area contributed by atoms with Crippen molar-refractivity contribution in [3.05, 3.63) is 0 Å². The first-order valence-electron chi connectivity index (χ1n) is 44.2. The highest BCUT2D eigenvalue weighted by Gasteiger charge is 2.05. The van der Waals surface area contributed by atoms with Crippen molar-refractivity contribution >= 4 is 23.5 Å². The van der Waals surface area contributed by atoms with E-state index >= 15 is 0 Å². The molecule has 0 saturated carbocycles. The molecule has 40 nitrogen and oxygen atoms in total. The maximum Gasteiger partial charge on any atom is 0.0701 e. The highest BCUT2D eigenvalue weighted by atomic mass is 32.2. The molecule has 0 unspecified atom stereocenters. The molecule has 0 aliphatic rings. The molecule has 746 valence electrons. The Morgan fingerprint density at radius 2 is 0.145 bits per heavy atom. The molecule has 0 bridgehead atoms. The largest absolute Gasteiger partial charge is 0.394 e. The van der Waals surface area contributed by atoms with Crippen LogP contribution in [0, 0.1) is 0 Å². The second kappa shape index (κ2) is 122. The fraction of sp³-hybridized carbons (Fsp3) is 1.00. The van der Waals surface area contributed by atoms with Crippen molar-refractivity contribution in [3.63, 3.8) is 0 Å². The van der Waals surface area contributed by atoms with Crippen LogP contribution >= 0.6 is 23.5 Å². The summed E-state index contributed by atoms with van der Waals surface area (Å²) < 4.78 is 209. The Morgan fingerprint density at radius 1 is 0.0806 bits per heavy atom. The quantitative estimate of drug-likeness (QED) is 0.0804. The fourth-order valence-electron chi connectivity index (χ4n) is 8.81. The molecular formula is C82H166O40S2. The van der Waals surface area contributed by atoms with Gasteiger partial charge >= 0.3 is 0 Å². The Bertz CT molecular complexity index is 1610. The molecule has 0 spiro atoms. The van der Waals surface area contributed by atoms with Gasteiger partial charge in [-0.05, 0) is 0 Å². The number of hydrogen-bond donors (Lipinski definition) is 2. The van der Waals surface area contributed by atoms with Crippen LogP contribution in [-0.2, 0) is 180 Å². The molecule has 0 aromatic carbocycles. The molecule has 0 radical (unpaired) electrons. The van der Waals surface area contributed by atoms with Gasteiger partial charge in [0.1, 0.15) is 0 Å². The summed E-state index contributed by atoms with van der Waals surface area (Å²) >= 11 is 3.78. The van der Waals surface area contributed by atoms with Gasteiger partial charge in [-0.3, -0.25) is 0 Å². The lowest BCUT2D eigenvalue weighted by Gasteiger charge is -2.09. The Morgan fingerprint density at radius 3 is 0.218 bits per heavy atom. The predicted octanol–water partition coefficient (Wildman–Crippen LogP) is 1.07. The lowest BCUT2D eigenvalue weighted by Crippen LogP contribution is -2.16. The van der Waals surface area contributed by atoms with Crippen LogP contribution in [0.3, 0.4) is 0 Å². The van der Waals surface area contributed by atoms with E-state index in [0.717, 1.165) is 23.0 Å². The Labute approximate surface area is 748 Å². The van der Waals surface area contributed by atoms with E-state index in [1.165, 1.54) is 0 Å². The minimum atomic E-state index is 0.0155. The fourth-order valence-corrected chi connectivity index (χ4v) is 10.6. The zero-order chi connectivity index (χ0) is 88.3. The van der Waals surface area contributed by atoms with Crippen molar-refractivity contribution in [1.29, 1.82) is 0 Å². The average molecular weight is 1860 g/mol. The van der Waals surface area contributed by atoms with Gasteiger partial charge in [0, 0.05) is 23.0 Å². The standard InChI is InChI=1S/C82H166O40S2/c83-1-3-85-5-7-87-9-11-89-13-15-91-17-19-93-21-23-95-25-27-97-29-31-99-33-35-101-37-39-103-41-43-105-45-47-107-49-51-109-53-55-111-57-59-113-61-63-115-65-67-117-69-71-119-73-75-121-77-79-123-81-82-124-80-78-122-76-74-120-72-70-118-68-66-116-64-62-114-60-58-112-56-54-110-52-50-108-48-46-106-44-42-104-40-38-102-36-34-100-32-30-98-28-26-96-24-22-94-20-18-92-16-14-90-12-10-88-8-6-86-4-2-84/h83-84H,1-82H2. The first kappa shape index (κ1) is 123. The molecule has 42 heteroatoms. The van der Waals surface area contributed by atoms with Gasteiger partial charge < -0.3 is 190 Å². The first-order chi connectivity index (χ1) is 61.9. The van der Waals surface area contributed by atoms with Gasteiger partial charge in [0.2, 0.25) is 0 Å². The van der Waals surface area contributed by atoms with Crippen molar-refractivity contribution in [2.75, 3.05) is 538 Å². The van der Waals surface area contributed by atoms with Gasteiger partial charge in [-0.25, -0.2) is 0 Å². The van der Waals surface area contributed by atoms with E-state index in [-0.39, 0.29) is 13.2 Å². The van der Waals surface area contributed by atoms with Crippen molar-refractivity contribution < 1.29 is 190 Å². The Kier molecular flexibility index (Phi) is 121. The zero-order valence-corrected chi connectivity index (χ0v) is 76.8. The van der Waals surface area contributed by atoms with Crippen molar-refractivity contribution in [1.82, 2.24) is 0 Å². The third-order valence-electron chi connectivity index (χ3n) is 15.0. The van der Waals surface area contributed by atoms with Gasteiger partial charge in [0.15, 0.2) is 0 Å². The topological polar surface area (TPSA) is 391 Å². The van der Waals surface area contributed by atoms with Crippen LogP contribution in [0.15, 0.2) is 0 Å². The first-order valence-corrected chi connectivity index (χ1v) is 46.5. The molecule has 0 aromatic rings. The van der Waals surface area contributed by atoms with Gasteiger partial charge in [0.25, 0.3) is 0 Å². The van der Waals surface area contributed by atoms with Crippen molar-refractivity contribution in [2.45, 2.75) is 0 Å². The Balaban J connectivity index is 3.10. The number of aliphatic hydroxyl groups excluding tert-OH is 2. The summed E-state index contributed by atoms with van der Waals surface area (Å²) in [6.07, 6.45) is 0. The molecule has 0 saturated heterocycles. The summed E-state index contributed by atoms with van der Waals surface area (Å²) in [5, 5.41) is 17.3. The van der Waals surface area contributed by atoms with E-state index in [9.17, 15) is 0 Å².